The third-order valence-electron chi connectivity index (χ3n) is 5.45. The molecule has 1 aromatic heterocycles. The van der Waals surface area contributed by atoms with Gasteiger partial charge in [0.1, 0.15) is 5.82 Å². The van der Waals surface area contributed by atoms with Crippen LogP contribution in [0.3, 0.4) is 0 Å². The van der Waals surface area contributed by atoms with Crippen molar-refractivity contribution < 1.29 is 19.0 Å². The highest BCUT2D eigenvalue weighted by Crippen LogP contribution is 2.37. The van der Waals surface area contributed by atoms with E-state index in [0.29, 0.717) is 44.9 Å². The third-order valence-corrected chi connectivity index (χ3v) is 6.54. The minimum absolute atomic E-state index is 0.0220. The molecule has 0 bridgehead atoms. The van der Waals surface area contributed by atoms with E-state index in [1.54, 1.807) is 38.3 Å². The highest BCUT2D eigenvalue weighted by molar-refractivity contribution is 9.10. The van der Waals surface area contributed by atoms with E-state index < -0.39 is 12.1 Å². The van der Waals surface area contributed by atoms with E-state index in [-0.39, 0.29) is 18.1 Å². The fraction of sp³-hybridized carbons (Fsp3) is 0.385. The molecule has 0 aliphatic rings. The van der Waals surface area contributed by atoms with Gasteiger partial charge in [0, 0.05) is 10.4 Å². The monoisotopic (exact) mass is 621 g/mol. The maximum atomic E-state index is 13.4. The van der Waals surface area contributed by atoms with Crippen LogP contribution in [0.5, 0.6) is 11.5 Å². The summed E-state index contributed by atoms with van der Waals surface area (Å²) in [5, 5.41) is 4.99. The Morgan fingerprint density at radius 3 is 2.56 bits per heavy atom. The first-order valence-corrected chi connectivity index (χ1v) is 13.3. The van der Waals surface area contributed by atoms with E-state index in [4.69, 9.17) is 19.2 Å². The number of hydrogen-bond acceptors (Lipinski definition) is 7. The van der Waals surface area contributed by atoms with Gasteiger partial charge in [0.05, 0.1) is 34.8 Å². The maximum Gasteiger partial charge on any atom is 0.347 e. The van der Waals surface area contributed by atoms with Gasteiger partial charge < -0.3 is 14.2 Å². The van der Waals surface area contributed by atoms with Crippen molar-refractivity contribution in [1.29, 1.82) is 0 Å². The first-order chi connectivity index (χ1) is 17.2. The highest BCUT2D eigenvalue weighted by Gasteiger charge is 2.21. The molecular weight excluding hydrogens is 594 g/mol. The zero-order valence-corrected chi connectivity index (χ0v) is 24.1. The number of halogens is 2. The van der Waals surface area contributed by atoms with E-state index in [2.05, 4.69) is 37.0 Å². The van der Waals surface area contributed by atoms with Crippen LogP contribution in [0.15, 0.2) is 49.2 Å². The van der Waals surface area contributed by atoms with Crippen LogP contribution in [-0.2, 0) is 9.53 Å². The molecule has 0 saturated carbocycles. The Morgan fingerprint density at radius 2 is 1.89 bits per heavy atom. The summed E-state index contributed by atoms with van der Waals surface area (Å²) in [5.41, 5.74) is 1.04. The van der Waals surface area contributed by atoms with E-state index in [1.165, 1.54) is 4.68 Å². The number of nitrogens with zero attached hydrogens (tertiary/aromatic N) is 3. The van der Waals surface area contributed by atoms with Crippen molar-refractivity contribution >= 4 is 54.9 Å². The number of hydrogen-bond donors (Lipinski definition) is 0. The van der Waals surface area contributed by atoms with Gasteiger partial charge in [-0.2, -0.15) is 9.78 Å². The predicted molar refractivity (Wildman–Crippen MR) is 147 cm³/mol. The molecule has 8 nitrogen and oxygen atoms in total. The zero-order valence-electron chi connectivity index (χ0n) is 20.9. The summed E-state index contributed by atoms with van der Waals surface area (Å²) in [5.74, 6) is 0.947. The van der Waals surface area contributed by atoms with Crippen LogP contribution in [0.2, 0.25) is 0 Å². The predicted octanol–water partition coefficient (Wildman–Crippen LogP) is 6.05. The number of esters is 1. The second kappa shape index (κ2) is 12.5. The first-order valence-electron chi connectivity index (χ1n) is 11.8. The molecule has 2 atom stereocenters. The average Bonchev–Trinajstić information content (AvgIpc) is 2.85. The Morgan fingerprint density at radius 1 is 1.14 bits per heavy atom. The normalized spacial score (nSPS) is 13.1. The van der Waals surface area contributed by atoms with Crippen LogP contribution in [0.1, 0.15) is 58.3 Å². The molecule has 2 aromatic carbocycles. The van der Waals surface area contributed by atoms with Crippen LogP contribution in [0.4, 0.5) is 0 Å². The van der Waals surface area contributed by atoms with Crippen molar-refractivity contribution in [2.75, 3.05) is 13.2 Å². The molecule has 0 fully saturated rings. The summed E-state index contributed by atoms with van der Waals surface area (Å²) < 4.78 is 19.4. The summed E-state index contributed by atoms with van der Waals surface area (Å²) in [6.45, 7) is 9.91. The first kappa shape index (κ1) is 27.9. The smallest absolute Gasteiger partial charge is 0.347 e. The van der Waals surface area contributed by atoms with E-state index in [0.717, 1.165) is 10.9 Å². The van der Waals surface area contributed by atoms with Gasteiger partial charge in [0.2, 0.25) is 0 Å². The Kier molecular flexibility index (Phi) is 9.67. The number of fused-ring (bicyclic) bond motifs is 1. The van der Waals surface area contributed by atoms with Crippen LogP contribution >= 0.6 is 31.9 Å². The standard InChI is InChI=1S/C26H29Br2N3O5/c1-6-15(4)24-30-21-10-9-18(27)13-19(21)25(32)31(24)29-14-17-11-20(28)23(22(12-17)34-7-2)36-16(5)26(33)35-8-3/h9-16H,6-8H2,1-5H3/t15-,16-/m0/s1. The quantitative estimate of drug-likeness (QED) is 0.202. The van der Waals surface area contributed by atoms with Crippen molar-refractivity contribution in [2.45, 2.75) is 53.1 Å². The highest BCUT2D eigenvalue weighted by atomic mass is 79.9. The van der Waals surface area contributed by atoms with Gasteiger partial charge in [-0.25, -0.2) is 9.78 Å². The van der Waals surface area contributed by atoms with Gasteiger partial charge >= 0.3 is 5.97 Å². The van der Waals surface area contributed by atoms with E-state index >= 15 is 0 Å². The summed E-state index contributed by atoms with van der Waals surface area (Å²) in [4.78, 5) is 30.1. The fourth-order valence-corrected chi connectivity index (χ4v) is 4.34. The summed E-state index contributed by atoms with van der Waals surface area (Å²) >= 11 is 6.94. The topological polar surface area (TPSA) is 92.0 Å². The van der Waals surface area contributed by atoms with Crippen LogP contribution < -0.4 is 15.0 Å². The second-order valence-corrected chi connectivity index (χ2v) is 9.85. The minimum atomic E-state index is -0.820. The van der Waals surface area contributed by atoms with Crippen LogP contribution in [0.25, 0.3) is 10.9 Å². The van der Waals surface area contributed by atoms with Crippen molar-refractivity contribution in [3.05, 3.63) is 61.0 Å². The average molecular weight is 623 g/mol. The van der Waals surface area contributed by atoms with Gasteiger partial charge in [0.15, 0.2) is 17.6 Å². The SMILES string of the molecule is CCOC(=O)[C@H](C)Oc1c(Br)cc(C=Nn2c([C@@H](C)CC)nc3ccc(Br)cc3c2=O)cc1OCC. The number of aromatic nitrogens is 2. The number of benzene rings is 2. The lowest BCUT2D eigenvalue weighted by Crippen LogP contribution is -2.26. The molecule has 0 radical (unpaired) electrons. The summed E-state index contributed by atoms with van der Waals surface area (Å²) in [7, 11) is 0. The molecule has 0 spiro atoms. The number of carbonyl (C=O) groups excluding carboxylic acids is 1. The molecule has 0 aliphatic heterocycles. The Labute approximate surface area is 226 Å². The molecule has 0 amide bonds. The fourth-order valence-electron chi connectivity index (χ4n) is 3.43. The molecule has 36 heavy (non-hydrogen) atoms. The van der Waals surface area contributed by atoms with Gasteiger partial charge in [-0.1, -0.05) is 29.8 Å². The van der Waals surface area contributed by atoms with Crippen LogP contribution in [0, 0.1) is 0 Å². The molecule has 0 aliphatic carbocycles. The molecule has 1 heterocycles. The molecule has 0 saturated heterocycles. The Balaban J connectivity index is 2.06. The largest absolute Gasteiger partial charge is 0.490 e. The number of ether oxygens (including phenoxy) is 3. The molecule has 192 valence electrons. The Bertz CT molecular complexity index is 1340. The van der Waals surface area contributed by atoms with Gasteiger partial charge in [0.25, 0.3) is 5.56 Å². The van der Waals surface area contributed by atoms with Crippen molar-refractivity contribution in [2.24, 2.45) is 5.10 Å². The van der Waals surface area contributed by atoms with Gasteiger partial charge in [-0.05, 0) is 79.0 Å². The molecule has 10 heteroatoms. The zero-order chi connectivity index (χ0) is 26.4. The van der Waals surface area contributed by atoms with Crippen molar-refractivity contribution in [3.63, 3.8) is 0 Å². The minimum Gasteiger partial charge on any atom is -0.490 e. The maximum absolute atomic E-state index is 13.4. The molecule has 3 aromatic rings. The number of carbonyl (C=O) groups is 1. The lowest BCUT2D eigenvalue weighted by Gasteiger charge is -2.18. The molecular formula is C26H29Br2N3O5. The lowest BCUT2D eigenvalue weighted by molar-refractivity contribution is -0.150. The third kappa shape index (κ3) is 6.34. The van der Waals surface area contributed by atoms with Crippen molar-refractivity contribution in [1.82, 2.24) is 9.66 Å². The molecule has 0 unspecified atom stereocenters. The van der Waals surface area contributed by atoms with E-state index in [1.807, 2.05) is 32.9 Å². The second-order valence-electron chi connectivity index (χ2n) is 8.08. The lowest BCUT2D eigenvalue weighted by atomic mass is 10.1. The van der Waals surface area contributed by atoms with Crippen LogP contribution in [-0.4, -0.2) is 41.2 Å². The summed E-state index contributed by atoms with van der Waals surface area (Å²) in [6.07, 6.45) is 1.55. The van der Waals surface area contributed by atoms with Crippen molar-refractivity contribution in [3.8, 4) is 11.5 Å². The Hall–Kier alpha value is -2.72. The summed E-state index contributed by atoms with van der Waals surface area (Å²) in [6, 6.07) is 8.95. The molecule has 0 N–H and O–H groups in total. The number of rotatable bonds is 10. The van der Waals surface area contributed by atoms with E-state index in [9.17, 15) is 9.59 Å². The molecule has 3 rings (SSSR count). The van der Waals surface area contributed by atoms with Gasteiger partial charge in [-0.15, -0.1) is 0 Å². The van der Waals surface area contributed by atoms with Gasteiger partial charge in [-0.3, -0.25) is 4.79 Å².